The van der Waals surface area contributed by atoms with Crippen LogP contribution in [0.4, 0.5) is 0 Å². The molecule has 1 aromatic carbocycles. The largest absolute Gasteiger partial charge is 0.357 e. The highest BCUT2D eigenvalue weighted by Gasteiger charge is 2.20. The number of aliphatic imine (C=N–C) groups is 1. The zero-order valence-electron chi connectivity index (χ0n) is 15.8. The van der Waals surface area contributed by atoms with Gasteiger partial charge in [-0.3, -0.25) is 9.79 Å². The number of carbonyl (C=O) groups excluding carboxylic acids is 1. The van der Waals surface area contributed by atoms with Crippen LogP contribution in [-0.2, 0) is 11.2 Å². The van der Waals surface area contributed by atoms with E-state index in [9.17, 15) is 4.79 Å². The molecule has 0 bridgehead atoms. The Hall–Kier alpha value is -1.31. The van der Waals surface area contributed by atoms with Gasteiger partial charge in [0.1, 0.15) is 0 Å². The van der Waals surface area contributed by atoms with Gasteiger partial charge in [0.15, 0.2) is 5.96 Å². The summed E-state index contributed by atoms with van der Waals surface area (Å²) in [5.74, 6) is 1.12. The van der Waals surface area contributed by atoms with E-state index in [1.165, 1.54) is 16.7 Å². The van der Waals surface area contributed by atoms with Crippen LogP contribution in [0.25, 0.3) is 0 Å². The minimum Gasteiger partial charge on any atom is -0.357 e. The lowest BCUT2D eigenvalue weighted by Gasteiger charge is -2.36. The van der Waals surface area contributed by atoms with Crippen LogP contribution in [0.15, 0.2) is 23.2 Å². The molecule has 0 radical (unpaired) electrons. The highest BCUT2D eigenvalue weighted by atomic mass is 127. The van der Waals surface area contributed by atoms with Crippen molar-refractivity contribution in [2.45, 2.75) is 34.1 Å². The van der Waals surface area contributed by atoms with Gasteiger partial charge < -0.3 is 15.1 Å². The molecule has 2 rings (SSSR count). The van der Waals surface area contributed by atoms with Crippen molar-refractivity contribution >= 4 is 35.8 Å². The van der Waals surface area contributed by atoms with Crippen LogP contribution >= 0.6 is 24.0 Å². The molecule has 1 fully saturated rings. The summed E-state index contributed by atoms with van der Waals surface area (Å²) in [6.07, 6.45) is 0.953. The molecule has 0 spiro atoms. The van der Waals surface area contributed by atoms with E-state index in [-0.39, 0.29) is 29.9 Å². The van der Waals surface area contributed by atoms with E-state index in [2.05, 4.69) is 49.2 Å². The number of aryl methyl sites for hydroxylation is 2. The van der Waals surface area contributed by atoms with Gasteiger partial charge in [0, 0.05) is 46.2 Å². The molecular weight excluding hydrogens is 427 g/mol. The summed E-state index contributed by atoms with van der Waals surface area (Å²) in [5, 5.41) is 3.38. The van der Waals surface area contributed by atoms with Crippen LogP contribution in [0.1, 0.15) is 30.5 Å². The molecule has 0 unspecified atom stereocenters. The molecule has 0 aliphatic carbocycles. The number of hydrogen-bond donors (Lipinski definition) is 1. The number of rotatable bonds is 4. The van der Waals surface area contributed by atoms with E-state index in [0.29, 0.717) is 0 Å². The molecular formula is C19H31IN4O. The first kappa shape index (κ1) is 21.7. The van der Waals surface area contributed by atoms with E-state index in [0.717, 1.165) is 51.6 Å². The number of piperazine rings is 1. The Balaban J connectivity index is 0.00000312. The van der Waals surface area contributed by atoms with Crippen molar-refractivity contribution in [1.82, 2.24) is 15.1 Å². The lowest BCUT2D eigenvalue weighted by Crippen LogP contribution is -2.53. The quantitative estimate of drug-likeness (QED) is 0.429. The second-order valence-corrected chi connectivity index (χ2v) is 6.41. The van der Waals surface area contributed by atoms with E-state index < -0.39 is 0 Å². The van der Waals surface area contributed by atoms with Gasteiger partial charge in [-0.2, -0.15) is 0 Å². The molecule has 0 saturated carbocycles. The van der Waals surface area contributed by atoms with Crippen molar-refractivity contribution in [3.63, 3.8) is 0 Å². The van der Waals surface area contributed by atoms with Gasteiger partial charge >= 0.3 is 0 Å². The lowest BCUT2D eigenvalue weighted by molar-refractivity contribution is -0.130. The minimum absolute atomic E-state index is 0. The minimum atomic E-state index is 0. The molecule has 6 heteroatoms. The highest BCUT2D eigenvalue weighted by Crippen LogP contribution is 2.11. The fraction of sp³-hybridized carbons (Fsp3) is 0.579. The second-order valence-electron chi connectivity index (χ2n) is 6.41. The second kappa shape index (κ2) is 10.6. The van der Waals surface area contributed by atoms with Crippen LogP contribution in [0.5, 0.6) is 0 Å². The average Bonchev–Trinajstić information content (AvgIpc) is 2.56. The maximum atomic E-state index is 11.4. The normalized spacial score (nSPS) is 15.0. The van der Waals surface area contributed by atoms with Crippen LogP contribution < -0.4 is 5.32 Å². The SMILES string of the molecule is CCNC(=NCCc1ccc(C)cc1C)N1CCN(C(C)=O)CC1.I. The third kappa shape index (κ3) is 6.49. The Morgan fingerprint density at radius 1 is 1.16 bits per heavy atom. The third-order valence-corrected chi connectivity index (χ3v) is 4.50. The Bertz CT molecular complexity index is 595. The van der Waals surface area contributed by atoms with Gasteiger partial charge in [0.25, 0.3) is 0 Å². The summed E-state index contributed by atoms with van der Waals surface area (Å²) in [5.41, 5.74) is 4.00. The molecule has 1 N–H and O–H groups in total. The Kier molecular flexibility index (Phi) is 9.24. The van der Waals surface area contributed by atoms with Gasteiger partial charge in [0.05, 0.1) is 0 Å². The number of hydrogen-bond acceptors (Lipinski definition) is 2. The predicted molar refractivity (Wildman–Crippen MR) is 115 cm³/mol. The summed E-state index contributed by atoms with van der Waals surface area (Å²) in [6, 6.07) is 6.60. The Morgan fingerprint density at radius 2 is 1.80 bits per heavy atom. The van der Waals surface area contributed by atoms with Crippen LogP contribution in [0, 0.1) is 13.8 Å². The number of carbonyl (C=O) groups is 1. The van der Waals surface area contributed by atoms with Crippen LogP contribution in [0.3, 0.4) is 0 Å². The zero-order chi connectivity index (χ0) is 17.5. The van der Waals surface area contributed by atoms with Crippen molar-refractivity contribution in [3.05, 3.63) is 34.9 Å². The maximum Gasteiger partial charge on any atom is 0.219 e. The average molecular weight is 458 g/mol. The van der Waals surface area contributed by atoms with Gasteiger partial charge in [-0.05, 0) is 38.3 Å². The van der Waals surface area contributed by atoms with Gasteiger partial charge in [-0.1, -0.05) is 23.8 Å². The van der Waals surface area contributed by atoms with Crippen LogP contribution in [-0.4, -0.2) is 60.9 Å². The fourth-order valence-corrected chi connectivity index (χ4v) is 3.07. The summed E-state index contributed by atoms with van der Waals surface area (Å²) >= 11 is 0. The molecule has 1 amide bonds. The summed E-state index contributed by atoms with van der Waals surface area (Å²) in [6.45, 7) is 12.9. The maximum absolute atomic E-state index is 11.4. The number of benzene rings is 1. The standard InChI is InChI=1S/C19H30N4O.HI/c1-5-20-19(23-12-10-22(11-13-23)17(4)24)21-9-8-18-7-6-15(2)14-16(18)3;/h6-7,14H,5,8-13H2,1-4H3,(H,20,21);1H. The van der Waals surface area contributed by atoms with E-state index in [1.54, 1.807) is 6.92 Å². The molecule has 0 atom stereocenters. The smallest absolute Gasteiger partial charge is 0.219 e. The number of amides is 1. The Labute approximate surface area is 168 Å². The van der Waals surface area contributed by atoms with Crippen molar-refractivity contribution in [2.24, 2.45) is 4.99 Å². The molecule has 1 heterocycles. The van der Waals surface area contributed by atoms with E-state index >= 15 is 0 Å². The zero-order valence-corrected chi connectivity index (χ0v) is 18.2. The number of nitrogens with one attached hydrogen (secondary N) is 1. The van der Waals surface area contributed by atoms with Crippen molar-refractivity contribution in [3.8, 4) is 0 Å². The molecule has 1 aliphatic heterocycles. The van der Waals surface area contributed by atoms with E-state index in [1.807, 2.05) is 4.90 Å². The topological polar surface area (TPSA) is 47.9 Å². The fourth-order valence-electron chi connectivity index (χ4n) is 3.07. The first-order valence-electron chi connectivity index (χ1n) is 8.86. The van der Waals surface area contributed by atoms with Crippen LogP contribution in [0.2, 0.25) is 0 Å². The molecule has 140 valence electrons. The number of nitrogens with zero attached hydrogens (tertiary/aromatic N) is 3. The Morgan fingerprint density at radius 3 is 2.36 bits per heavy atom. The lowest BCUT2D eigenvalue weighted by atomic mass is 10.0. The molecule has 0 aromatic heterocycles. The number of guanidine groups is 1. The molecule has 1 saturated heterocycles. The monoisotopic (exact) mass is 458 g/mol. The van der Waals surface area contributed by atoms with Crippen molar-refractivity contribution in [2.75, 3.05) is 39.3 Å². The van der Waals surface area contributed by atoms with Crippen molar-refractivity contribution < 1.29 is 4.79 Å². The van der Waals surface area contributed by atoms with Gasteiger partial charge in [-0.15, -0.1) is 24.0 Å². The third-order valence-electron chi connectivity index (χ3n) is 4.50. The van der Waals surface area contributed by atoms with Gasteiger partial charge in [-0.25, -0.2) is 0 Å². The highest BCUT2D eigenvalue weighted by molar-refractivity contribution is 14.0. The summed E-state index contributed by atoms with van der Waals surface area (Å²) < 4.78 is 0. The molecule has 5 nitrogen and oxygen atoms in total. The molecule has 25 heavy (non-hydrogen) atoms. The predicted octanol–water partition coefficient (Wildman–Crippen LogP) is 2.59. The molecule has 1 aromatic rings. The first-order chi connectivity index (χ1) is 11.5. The number of halogens is 1. The first-order valence-corrected chi connectivity index (χ1v) is 8.86. The molecule has 1 aliphatic rings. The van der Waals surface area contributed by atoms with E-state index in [4.69, 9.17) is 4.99 Å². The van der Waals surface area contributed by atoms with Gasteiger partial charge in [0.2, 0.25) is 5.91 Å². The summed E-state index contributed by atoms with van der Waals surface area (Å²) in [7, 11) is 0. The van der Waals surface area contributed by atoms with Crippen molar-refractivity contribution in [1.29, 1.82) is 0 Å². The summed E-state index contributed by atoms with van der Waals surface area (Å²) in [4.78, 5) is 20.4.